The van der Waals surface area contributed by atoms with Gasteiger partial charge in [0.2, 0.25) is 5.91 Å². The number of carboxylic acids is 1. The molecule has 1 saturated heterocycles. The fourth-order valence-electron chi connectivity index (χ4n) is 1.63. The Morgan fingerprint density at radius 3 is 2.73 bits per heavy atom. The van der Waals surface area contributed by atoms with E-state index in [1.54, 1.807) is 12.2 Å². The maximum Gasteiger partial charge on any atom is 0.326 e. The van der Waals surface area contributed by atoms with E-state index >= 15 is 0 Å². The molecule has 0 spiro atoms. The minimum absolute atomic E-state index is 0.224. The average molecular weight is 209 g/mol. The minimum atomic E-state index is -0.916. The van der Waals surface area contributed by atoms with Crippen molar-refractivity contribution in [3.8, 4) is 0 Å². The molecule has 1 atom stereocenters. The standard InChI is InChI=1S/C11H15NO3/c1-2-3-4-7-10(13)12-8-5-6-9(12)11(14)15/h2-4,7,9H,5-6,8H2,1H3,(H,14,15)/b3-2+,7-4+. The highest BCUT2D eigenvalue weighted by atomic mass is 16.4. The molecule has 0 saturated carbocycles. The number of amides is 1. The van der Waals surface area contributed by atoms with E-state index in [-0.39, 0.29) is 5.91 Å². The molecular weight excluding hydrogens is 194 g/mol. The highest BCUT2D eigenvalue weighted by Crippen LogP contribution is 2.17. The smallest absolute Gasteiger partial charge is 0.326 e. The van der Waals surface area contributed by atoms with Crippen LogP contribution in [0.15, 0.2) is 24.3 Å². The number of aliphatic carboxylic acids is 1. The molecule has 0 aromatic carbocycles. The largest absolute Gasteiger partial charge is 0.480 e. The van der Waals surface area contributed by atoms with E-state index < -0.39 is 12.0 Å². The van der Waals surface area contributed by atoms with Crippen molar-refractivity contribution in [1.82, 2.24) is 4.90 Å². The number of hydrogen-bond acceptors (Lipinski definition) is 2. The molecule has 82 valence electrons. The summed E-state index contributed by atoms with van der Waals surface area (Å²) in [6, 6.07) is -0.646. The van der Waals surface area contributed by atoms with Crippen LogP contribution in [0.5, 0.6) is 0 Å². The Labute approximate surface area is 88.9 Å². The molecule has 0 aliphatic carbocycles. The normalized spacial score (nSPS) is 21.7. The summed E-state index contributed by atoms with van der Waals surface area (Å²) in [5, 5.41) is 8.87. The highest BCUT2D eigenvalue weighted by Gasteiger charge is 2.32. The Balaban J connectivity index is 2.62. The van der Waals surface area contributed by atoms with Gasteiger partial charge in [-0.1, -0.05) is 18.2 Å². The molecule has 1 amide bonds. The minimum Gasteiger partial charge on any atom is -0.480 e. The van der Waals surface area contributed by atoms with Crippen molar-refractivity contribution < 1.29 is 14.7 Å². The van der Waals surface area contributed by atoms with Gasteiger partial charge in [-0.25, -0.2) is 4.79 Å². The van der Waals surface area contributed by atoms with Crippen LogP contribution < -0.4 is 0 Å². The van der Waals surface area contributed by atoms with Crippen molar-refractivity contribution in [1.29, 1.82) is 0 Å². The van der Waals surface area contributed by atoms with Crippen molar-refractivity contribution in [3.05, 3.63) is 24.3 Å². The molecule has 1 unspecified atom stereocenters. The molecule has 4 nitrogen and oxygen atoms in total. The summed E-state index contributed by atoms with van der Waals surface area (Å²) in [5.74, 6) is -1.14. The van der Waals surface area contributed by atoms with Gasteiger partial charge in [0.25, 0.3) is 0 Å². The first kappa shape index (κ1) is 11.5. The van der Waals surface area contributed by atoms with Gasteiger partial charge in [0.1, 0.15) is 6.04 Å². The molecule has 15 heavy (non-hydrogen) atoms. The molecule has 1 aliphatic rings. The summed E-state index contributed by atoms with van der Waals surface area (Å²) < 4.78 is 0. The lowest BCUT2D eigenvalue weighted by Gasteiger charge is -2.19. The van der Waals surface area contributed by atoms with Gasteiger partial charge in [-0.3, -0.25) is 4.79 Å². The van der Waals surface area contributed by atoms with Crippen molar-refractivity contribution in [3.63, 3.8) is 0 Å². The monoisotopic (exact) mass is 209 g/mol. The van der Waals surface area contributed by atoms with E-state index in [1.807, 2.05) is 13.0 Å². The Morgan fingerprint density at radius 1 is 1.40 bits per heavy atom. The Morgan fingerprint density at radius 2 is 2.13 bits per heavy atom. The molecular formula is C11H15NO3. The van der Waals surface area contributed by atoms with Gasteiger partial charge >= 0.3 is 5.97 Å². The third-order valence-electron chi connectivity index (χ3n) is 2.36. The predicted octanol–water partition coefficient (Wildman–Crippen LogP) is 1.19. The first-order chi connectivity index (χ1) is 7.16. The molecule has 1 rings (SSSR count). The summed E-state index contributed by atoms with van der Waals surface area (Å²) in [5.41, 5.74) is 0. The first-order valence-electron chi connectivity index (χ1n) is 4.99. The molecule has 1 heterocycles. The zero-order valence-corrected chi connectivity index (χ0v) is 8.72. The second-order valence-electron chi connectivity index (χ2n) is 3.41. The molecule has 0 radical (unpaired) electrons. The highest BCUT2D eigenvalue weighted by molar-refractivity contribution is 5.91. The number of carboxylic acid groups (broad SMARTS) is 1. The fourth-order valence-corrected chi connectivity index (χ4v) is 1.63. The third kappa shape index (κ3) is 2.94. The van der Waals surface area contributed by atoms with Crippen molar-refractivity contribution in [2.24, 2.45) is 0 Å². The Kier molecular flexibility index (Phi) is 4.09. The van der Waals surface area contributed by atoms with Crippen LogP contribution in [-0.4, -0.2) is 34.5 Å². The zero-order chi connectivity index (χ0) is 11.3. The van der Waals surface area contributed by atoms with Gasteiger partial charge in [-0.05, 0) is 19.8 Å². The van der Waals surface area contributed by atoms with E-state index in [0.29, 0.717) is 13.0 Å². The molecule has 1 N–H and O–H groups in total. The van der Waals surface area contributed by atoms with Gasteiger partial charge in [0.05, 0.1) is 0 Å². The average Bonchev–Trinajstić information content (AvgIpc) is 2.66. The summed E-state index contributed by atoms with van der Waals surface area (Å²) in [7, 11) is 0. The predicted molar refractivity (Wildman–Crippen MR) is 56.3 cm³/mol. The lowest BCUT2D eigenvalue weighted by Crippen LogP contribution is -2.39. The number of allylic oxidation sites excluding steroid dienone is 3. The van der Waals surface area contributed by atoms with Gasteiger partial charge in [-0.15, -0.1) is 0 Å². The molecule has 1 aliphatic heterocycles. The maximum absolute atomic E-state index is 11.6. The molecule has 4 heteroatoms. The number of rotatable bonds is 3. The van der Waals surface area contributed by atoms with E-state index in [0.717, 1.165) is 6.42 Å². The van der Waals surface area contributed by atoms with Crippen LogP contribution in [0, 0.1) is 0 Å². The van der Waals surface area contributed by atoms with Gasteiger partial charge in [-0.2, -0.15) is 0 Å². The van der Waals surface area contributed by atoms with Crippen LogP contribution in [0.3, 0.4) is 0 Å². The summed E-state index contributed by atoms with van der Waals surface area (Å²) in [6.45, 7) is 2.39. The summed E-state index contributed by atoms with van der Waals surface area (Å²) in [4.78, 5) is 23.8. The summed E-state index contributed by atoms with van der Waals surface area (Å²) in [6.07, 6.45) is 7.89. The Hall–Kier alpha value is -1.58. The number of hydrogen-bond donors (Lipinski definition) is 1. The van der Waals surface area contributed by atoms with Gasteiger partial charge in [0.15, 0.2) is 0 Å². The van der Waals surface area contributed by atoms with Gasteiger partial charge < -0.3 is 10.0 Å². The quantitative estimate of drug-likeness (QED) is 0.561. The number of likely N-dealkylation sites (tertiary alicyclic amines) is 1. The number of nitrogens with zero attached hydrogens (tertiary/aromatic N) is 1. The topological polar surface area (TPSA) is 57.6 Å². The van der Waals surface area contributed by atoms with Crippen molar-refractivity contribution in [2.45, 2.75) is 25.8 Å². The van der Waals surface area contributed by atoms with Crippen LogP contribution in [0.2, 0.25) is 0 Å². The lowest BCUT2D eigenvalue weighted by atomic mass is 10.2. The van der Waals surface area contributed by atoms with E-state index in [9.17, 15) is 9.59 Å². The van der Waals surface area contributed by atoms with E-state index in [1.165, 1.54) is 11.0 Å². The molecule has 0 bridgehead atoms. The Bertz CT molecular complexity index is 307. The first-order valence-corrected chi connectivity index (χ1v) is 4.99. The lowest BCUT2D eigenvalue weighted by molar-refractivity contribution is -0.146. The second kappa shape index (κ2) is 5.34. The number of carbonyl (C=O) groups is 2. The maximum atomic E-state index is 11.6. The van der Waals surface area contributed by atoms with Crippen LogP contribution >= 0.6 is 0 Å². The van der Waals surface area contributed by atoms with Crippen molar-refractivity contribution >= 4 is 11.9 Å². The van der Waals surface area contributed by atoms with Crippen LogP contribution in [0.4, 0.5) is 0 Å². The van der Waals surface area contributed by atoms with Crippen molar-refractivity contribution in [2.75, 3.05) is 6.54 Å². The zero-order valence-electron chi connectivity index (χ0n) is 8.72. The molecule has 1 fully saturated rings. The molecule has 0 aromatic rings. The molecule has 0 aromatic heterocycles. The van der Waals surface area contributed by atoms with Gasteiger partial charge in [0, 0.05) is 12.6 Å². The van der Waals surface area contributed by atoms with Crippen LogP contribution in [0.1, 0.15) is 19.8 Å². The van der Waals surface area contributed by atoms with Crippen LogP contribution in [0.25, 0.3) is 0 Å². The summed E-state index contributed by atoms with van der Waals surface area (Å²) >= 11 is 0. The fraction of sp³-hybridized carbons (Fsp3) is 0.455. The van der Waals surface area contributed by atoms with E-state index in [2.05, 4.69) is 0 Å². The SMILES string of the molecule is C/C=C/C=C/C(=O)N1CCCC1C(=O)O. The van der Waals surface area contributed by atoms with Crippen LogP contribution in [-0.2, 0) is 9.59 Å². The number of carbonyl (C=O) groups excluding carboxylic acids is 1. The van der Waals surface area contributed by atoms with E-state index in [4.69, 9.17) is 5.11 Å². The third-order valence-corrected chi connectivity index (χ3v) is 2.36. The second-order valence-corrected chi connectivity index (χ2v) is 3.41.